The predicted octanol–water partition coefficient (Wildman–Crippen LogP) is 4.46. The molecule has 5 heteroatoms. The summed E-state index contributed by atoms with van der Waals surface area (Å²) < 4.78 is 6.65. The fourth-order valence-corrected chi connectivity index (χ4v) is 4.27. The third-order valence-electron chi connectivity index (χ3n) is 5.23. The monoisotopic (exact) mass is 394 g/mol. The highest BCUT2D eigenvalue weighted by atomic mass is 79.9. The minimum atomic E-state index is -0.212. The molecule has 2 saturated heterocycles. The van der Waals surface area contributed by atoms with Crippen LogP contribution in [-0.4, -0.2) is 48.1 Å². The number of rotatable bonds is 3. The first-order valence-electron chi connectivity index (χ1n) is 9.16. The van der Waals surface area contributed by atoms with Crippen molar-refractivity contribution >= 4 is 22.0 Å². The maximum absolute atomic E-state index is 12.4. The lowest BCUT2D eigenvalue weighted by molar-refractivity contribution is 0.0878. The Bertz CT molecular complexity index is 564. The first kappa shape index (κ1) is 17.7. The van der Waals surface area contributed by atoms with Crippen LogP contribution in [0.3, 0.4) is 0 Å². The van der Waals surface area contributed by atoms with Gasteiger partial charge in [-0.3, -0.25) is 0 Å². The second-order valence-corrected chi connectivity index (χ2v) is 7.64. The zero-order valence-corrected chi connectivity index (χ0v) is 16.1. The Morgan fingerprint density at radius 1 is 1.17 bits per heavy atom. The molecule has 0 aliphatic carbocycles. The smallest absolute Gasteiger partial charge is 0.410 e. The van der Waals surface area contributed by atoms with Crippen molar-refractivity contribution in [2.75, 3.05) is 26.2 Å². The van der Waals surface area contributed by atoms with Crippen molar-refractivity contribution in [2.45, 2.75) is 51.5 Å². The Morgan fingerprint density at radius 2 is 1.88 bits per heavy atom. The number of carbonyl (C=O) groups excluding carboxylic acids is 1. The lowest BCUT2D eigenvalue weighted by atomic mass is 10.0. The molecule has 0 saturated carbocycles. The van der Waals surface area contributed by atoms with E-state index in [0.29, 0.717) is 11.8 Å². The molecule has 2 heterocycles. The van der Waals surface area contributed by atoms with Crippen LogP contribution < -0.4 is 4.74 Å². The van der Waals surface area contributed by atoms with Crippen molar-refractivity contribution in [3.05, 3.63) is 28.2 Å². The SMILES string of the molecule is CCc1cc(OC(=O)N2CCC(N3CCCCC3)CC2)ccc1Br. The van der Waals surface area contributed by atoms with Crippen LogP contribution >= 0.6 is 15.9 Å². The van der Waals surface area contributed by atoms with E-state index in [1.807, 2.05) is 23.1 Å². The molecule has 132 valence electrons. The number of ether oxygens (including phenoxy) is 1. The molecule has 1 aromatic carbocycles. The highest BCUT2D eigenvalue weighted by Crippen LogP contribution is 2.25. The number of halogens is 1. The molecule has 0 spiro atoms. The van der Waals surface area contributed by atoms with Gasteiger partial charge in [-0.1, -0.05) is 29.3 Å². The molecule has 0 radical (unpaired) electrons. The Kier molecular flexibility index (Phi) is 6.17. The van der Waals surface area contributed by atoms with Gasteiger partial charge in [0.25, 0.3) is 0 Å². The molecule has 24 heavy (non-hydrogen) atoms. The van der Waals surface area contributed by atoms with Crippen LogP contribution in [-0.2, 0) is 6.42 Å². The summed E-state index contributed by atoms with van der Waals surface area (Å²) in [7, 11) is 0. The van der Waals surface area contributed by atoms with Gasteiger partial charge >= 0.3 is 6.09 Å². The van der Waals surface area contributed by atoms with Crippen LogP contribution in [0.2, 0.25) is 0 Å². The lowest BCUT2D eigenvalue weighted by Crippen LogP contribution is -2.48. The molecule has 3 rings (SSSR count). The van der Waals surface area contributed by atoms with Crippen LogP contribution in [0.15, 0.2) is 22.7 Å². The van der Waals surface area contributed by atoms with Gasteiger partial charge in [0.05, 0.1) is 0 Å². The molecular weight excluding hydrogens is 368 g/mol. The second kappa shape index (κ2) is 8.34. The van der Waals surface area contributed by atoms with Gasteiger partial charge in [0, 0.05) is 23.6 Å². The number of piperidine rings is 2. The number of likely N-dealkylation sites (tertiary alicyclic amines) is 2. The van der Waals surface area contributed by atoms with Crippen LogP contribution in [0, 0.1) is 0 Å². The molecule has 2 aliphatic heterocycles. The summed E-state index contributed by atoms with van der Waals surface area (Å²) in [6, 6.07) is 6.39. The normalized spacial score (nSPS) is 20.2. The van der Waals surface area contributed by atoms with Gasteiger partial charge in [-0.2, -0.15) is 0 Å². The van der Waals surface area contributed by atoms with E-state index in [1.165, 1.54) is 32.4 Å². The number of amides is 1. The van der Waals surface area contributed by atoms with Crippen molar-refractivity contribution in [1.82, 2.24) is 9.80 Å². The fourth-order valence-electron chi connectivity index (χ4n) is 3.75. The molecule has 4 nitrogen and oxygen atoms in total. The second-order valence-electron chi connectivity index (χ2n) is 6.79. The van der Waals surface area contributed by atoms with Crippen LogP contribution in [0.5, 0.6) is 5.75 Å². The number of nitrogens with zero attached hydrogens (tertiary/aromatic N) is 2. The summed E-state index contributed by atoms with van der Waals surface area (Å²) in [5, 5.41) is 0. The maximum atomic E-state index is 12.4. The zero-order chi connectivity index (χ0) is 16.9. The predicted molar refractivity (Wildman–Crippen MR) is 99.6 cm³/mol. The van der Waals surface area contributed by atoms with Crippen LogP contribution in [0.25, 0.3) is 0 Å². The molecule has 1 amide bonds. The van der Waals surface area contributed by atoms with Crippen molar-refractivity contribution in [3.8, 4) is 5.75 Å². The molecule has 2 aliphatic rings. The third kappa shape index (κ3) is 4.31. The minimum Gasteiger partial charge on any atom is -0.410 e. The third-order valence-corrected chi connectivity index (χ3v) is 6.01. The number of aryl methyl sites for hydroxylation is 1. The first-order valence-corrected chi connectivity index (χ1v) is 9.96. The van der Waals surface area contributed by atoms with Gasteiger partial charge in [-0.15, -0.1) is 0 Å². The van der Waals surface area contributed by atoms with Gasteiger partial charge in [0.2, 0.25) is 0 Å². The van der Waals surface area contributed by atoms with E-state index in [2.05, 4.69) is 27.8 Å². The summed E-state index contributed by atoms with van der Waals surface area (Å²) in [6.45, 7) is 6.16. The minimum absolute atomic E-state index is 0.212. The van der Waals surface area contributed by atoms with E-state index >= 15 is 0 Å². The quantitative estimate of drug-likeness (QED) is 0.758. The summed E-state index contributed by atoms with van der Waals surface area (Å²) in [5.41, 5.74) is 1.16. The summed E-state index contributed by atoms with van der Waals surface area (Å²) in [5.74, 6) is 0.637. The van der Waals surface area contributed by atoms with E-state index in [9.17, 15) is 4.79 Å². The summed E-state index contributed by atoms with van der Waals surface area (Å²) in [6.07, 6.45) is 6.85. The zero-order valence-electron chi connectivity index (χ0n) is 14.5. The number of hydrogen-bond donors (Lipinski definition) is 0. The molecule has 2 fully saturated rings. The highest BCUT2D eigenvalue weighted by molar-refractivity contribution is 9.10. The lowest BCUT2D eigenvalue weighted by Gasteiger charge is -2.39. The Labute approximate surface area is 153 Å². The first-order chi connectivity index (χ1) is 11.7. The molecule has 0 unspecified atom stereocenters. The van der Waals surface area contributed by atoms with Gasteiger partial charge in [0.15, 0.2) is 0 Å². The van der Waals surface area contributed by atoms with Crippen molar-refractivity contribution in [3.63, 3.8) is 0 Å². The van der Waals surface area contributed by atoms with Crippen molar-refractivity contribution in [1.29, 1.82) is 0 Å². The largest absolute Gasteiger partial charge is 0.415 e. The molecule has 0 aromatic heterocycles. The number of hydrogen-bond acceptors (Lipinski definition) is 3. The maximum Gasteiger partial charge on any atom is 0.415 e. The highest BCUT2D eigenvalue weighted by Gasteiger charge is 2.28. The fraction of sp³-hybridized carbons (Fsp3) is 0.632. The number of carbonyl (C=O) groups is 1. The van der Waals surface area contributed by atoms with E-state index in [1.54, 1.807) is 0 Å². The van der Waals surface area contributed by atoms with Gasteiger partial charge in [-0.05, 0) is 69.0 Å². The standard InChI is InChI=1S/C19H27BrN2O2/c1-2-15-14-17(6-7-18(15)20)24-19(23)22-12-8-16(9-13-22)21-10-4-3-5-11-21/h6-7,14,16H,2-5,8-13H2,1H3. The molecular formula is C19H27BrN2O2. The van der Waals surface area contributed by atoms with Gasteiger partial charge in [0.1, 0.15) is 5.75 Å². The summed E-state index contributed by atoms with van der Waals surface area (Å²) >= 11 is 3.52. The molecule has 0 N–H and O–H groups in total. The average molecular weight is 395 g/mol. The van der Waals surface area contributed by atoms with Crippen molar-refractivity contribution < 1.29 is 9.53 Å². The molecule has 0 atom stereocenters. The number of benzene rings is 1. The molecule has 1 aromatic rings. The van der Waals surface area contributed by atoms with E-state index in [-0.39, 0.29) is 6.09 Å². The van der Waals surface area contributed by atoms with E-state index < -0.39 is 0 Å². The van der Waals surface area contributed by atoms with Gasteiger partial charge in [-0.25, -0.2) is 4.79 Å². The van der Waals surface area contributed by atoms with Crippen molar-refractivity contribution in [2.24, 2.45) is 0 Å². The Hall–Kier alpha value is -1.07. The van der Waals surface area contributed by atoms with E-state index in [0.717, 1.165) is 42.4 Å². The Balaban J connectivity index is 1.51. The summed E-state index contributed by atoms with van der Waals surface area (Å²) in [4.78, 5) is 16.9. The van der Waals surface area contributed by atoms with Gasteiger partial charge < -0.3 is 14.5 Å². The van der Waals surface area contributed by atoms with Crippen LogP contribution in [0.4, 0.5) is 4.79 Å². The van der Waals surface area contributed by atoms with E-state index in [4.69, 9.17) is 4.74 Å². The average Bonchev–Trinajstić information content (AvgIpc) is 2.64. The topological polar surface area (TPSA) is 32.8 Å². The molecule has 0 bridgehead atoms. The Morgan fingerprint density at radius 3 is 2.54 bits per heavy atom. The van der Waals surface area contributed by atoms with Crippen LogP contribution in [0.1, 0.15) is 44.6 Å².